The Labute approximate surface area is 107 Å². The van der Waals surface area contributed by atoms with Gasteiger partial charge in [-0.05, 0) is 25.0 Å². The van der Waals surface area contributed by atoms with Crippen LogP contribution < -0.4 is 9.86 Å². The van der Waals surface area contributed by atoms with Gasteiger partial charge in [0.1, 0.15) is 0 Å². The second-order valence-corrected chi connectivity index (χ2v) is 4.05. The van der Waals surface area contributed by atoms with Crippen LogP contribution >= 0.6 is 12.1 Å². The van der Waals surface area contributed by atoms with Gasteiger partial charge in [-0.15, -0.1) is 0 Å². The number of aromatic nitrogens is 2. The highest BCUT2D eigenvalue weighted by Crippen LogP contribution is 2.29. The highest BCUT2D eigenvalue weighted by molar-refractivity contribution is 7.98. The average Bonchev–Trinajstić information content (AvgIpc) is 2.66. The molecule has 1 heterocycles. The molecule has 4 nitrogen and oxygen atoms in total. The van der Waals surface area contributed by atoms with E-state index < -0.39 is 0 Å². The van der Waals surface area contributed by atoms with Crippen molar-refractivity contribution >= 4 is 28.9 Å². The molecule has 2 rings (SSSR count). The van der Waals surface area contributed by atoms with E-state index in [1.807, 2.05) is 25.6 Å². The molecule has 0 saturated heterocycles. The minimum Gasteiger partial charge on any atom is -0.299 e. The van der Waals surface area contributed by atoms with Gasteiger partial charge in [-0.1, -0.05) is 26.0 Å². The Morgan fingerprint density at radius 1 is 1.24 bits per heavy atom. The Morgan fingerprint density at radius 2 is 1.82 bits per heavy atom. The smallest absolute Gasteiger partial charge is 0.167 e. The van der Waals surface area contributed by atoms with Crippen molar-refractivity contribution in [3.63, 3.8) is 0 Å². The summed E-state index contributed by atoms with van der Waals surface area (Å²) in [5.74, 6) is 0.834. The number of hydrogen-bond acceptors (Lipinski definition) is 4. The zero-order valence-corrected chi connectivity index (χ0v) is 11.9. The van der Waals surface area contributed by atoms with Crippen molar-refractivity contribution in [2.75, 3.05) is 4.72 Å². The molecule has 0 bridgehead atoms. The van der Waals surface area contributed by atoms with Crippen LogP contribution in [0, 0.1) is 13.8 Å². The third kappa shape index (κ3) is 2.56. The van der Waals surface area contributed by atoms with E-state index in [0.29, 0.717) is 0 Å². The molecule has 0 radical (unpaired) electrons. The molecule has 0 aliphatic heterocycles. The summed E-state index contributed by atoms with van der Waals surface area (Å²) in [7, 11) is 1.95. The maximum atomic E-state index is 5.41. The Balaban J connectivity index is 0.000000686. The van der Waals surface area contributed by atoms with Crippen LogP contribution in [-0.2, 0) is 7.05 Å². The normalized spacial score (nSPS) is 10.0. The number of hydrogen-bond donors (Lipinski definition) is 2. The van der Waals surface area contributed by atoms with Crippen LogP contribution in [0.1, 0.15) is 25.0 Å². The predicted molar refractivity (Wildman–Crippen MR) is 76.9 cm³/mol. The van der Waals surface area contributed by atoms with E-state index in [9.17, 15) is 0 Å². The van der Waals surface area contributed by atoms with E-state index in [0.717, 1.165) is 28.9 Å². The maximum Gasteiger partial charge on any atom is 0.167 e. The fraction of sp³-hybridized carbons (Fsp3) is 0.417. The van der Waals surface area contributed by atoms with E-state index in [4.69, 9.17) is 5.14 Å². The first-order chi connectivity index (χ1) is 8.15. The van der Waals surface area contributed by atoms with E-state index in [1.54, 1.807) is 0 Å². The molecule has 1 aromatic carbocycles. The lowest BCUT2D eigenvalue weighted by atomic mass is 10.1. The van der Waals surface area contributed by atoms with Crippen molar-refractivity contribution < 1.29 is 0 Å². The standard InChI is InChI=1S/C10H14N4S.C2H6/c1-6-4-5-7(2)9-8(6)10(13-15-11)12-14(9)3;1-2/h4-5H,11H2,1-3H3,(H,12,13);1-2H3. The van der Waals surface area contributed by atoms with Gasteiger partial charge in [0.25, 0.3) is 0 Å². The van der Waals surface area contributed by atoms with Crippen LogP contribution in [0.3, 0.4) is 0 Å². The van der Waals surface area contributed by atoms with Gasteiger partial charge in [0.05, 0.1) is 5.52 Å². The lowest BCUT2D eigenvalue weighted by Gasteiger charge is -2.02. The molecule has 3 N–H and O–H groups in total. The fourth-order valence-electron chi connectivity index (χ4n) is 1.89. The summed E-state index contributed by atoms with van der Waals surface area (Å²) >= 11 is 1.07. The van der Waals surface area contributed by atoms with E-state index in [-0.39, 0.29) is 0 Å². The van der Waals surface area contributed by atoms with E-state index >= 15 is 0 Å². The maximum absolute atomic E-state index is 5.41. The molecular formula is C12H20N4S. The Hall–Kier alpha value is -1.20. The molecule has 1 aromatic heterocycles. The first-order valence-corrected chi connectivity index (χ1v) is 6.57. The van der Waals surface area contributed by atoms with Crippen molar-refractivity contribution in [2.24, 2.45) is 12.2 Å². The monoisotopic (exact) mass is 252 g/mol. The van der Waals surface area contributed by atoms with Gasteiger partial charge in [-0.25, -0.2) is 0 Å². The number of benzene rings is 1. The van der Waals surface area contributed by atoms with Gasteiger partial charge in [0, 0.05) is 24.6 Å². The predicted octanol–water partition coefficient (Wildman–Crippen LogP) is 3.15. The summed E-state index contributed by atoms with van der Waals surface area (Å²) < 4.78 is 4.89. The minimum atomic E-state index is 0.834. The summed E-state index contributed by atoms with van der Waals surface area (Å²) in [4.78, 5) is 0. The molecule has 17 heavy (non-hydrogen) atoms. The van der Waals surface area contributed by atoms with E-state index in [2.05, 4.69) is 35.8 Å². The third-order valence-electron chi connectivity index (χ3n) is 2.55. The Morgan fingerprint density at radius 3 is 2.41 bits per heavy atom. The zero-order valence-electron chi connectivity index (χ0n) is 11.0. The Kier molecular flexibility index (Phi) is 4.84. The molecule has 0 spiro atoms. The Bertz CT molecular complexity index is 505. The van der Waals surface area contributed by atoms with Gasteiger partial charge < -0.3 is 0 Å². The van der Waals surface area contributed by atoms with Crippen molar-refractivity contribution in [3.05, 3.63) is 23.3 Å². The topological polar surface area (TPSA) is 55.9 Å². The summed E-state index contributed by atoms with van der Waals surface area (Å²) in [6.45, 7) is 8.17. The lowest BCUT2D eigenvalue weighted by Crippen LogP contribution is -1.94. The van der Waals surface area contributed by atoms with Crippen LogP contribution in [0.4, 0.5) is 5.82 Å². The number of rotatable bonds is 2. The molecule has 2 aromatic rings. The van der Waals surface area contributed by atoms with Crippen molar-refractivity contribution in [1.82, 2.24) is 9.78 Å². The quantitative estimate of drug-likeness (QED) is 0.806. The van der Waals surface area contributed by atoms with Gasteiger partial charge in [0.2, 0.25) is 0 Å². The van der Waals surface area contributed by atoms with Gasteiger partial charge in [-0.2, -0.15) is 5.10 Å². The second kappa shape index (κ2) is 5.93. The molecule has 0 aliphatic carbocycles. The van der Waals surface area contributed by atoms with Gasteiger partial charge >= 0.3 is 0 Å². The van der Waals surface area contributed by atoms with Crippen molar-refractivity contribution in [2.45, 2.75) is 27.7 Å². The zero-order chi connectivity index (χ0) is 13.0. The van der Waals surface area contributed by atoms with Gasteiger partial charge in [-0.3, -0.25) is 14.5 Å². The van der Waals surface area contributed by atoms with Crippen LogP contribution in [0.5, 0.6) is 0 Å². The number of aryl methyl sites for hydroxylation is 3. The van der Waals surface area contributed by atoms with Crippen molar-refractivity contribution in [3.8, 4) is 0 Å². The molecule has 5 heteroatoms. The highest BCUT2D eigenvalue weighted by atomic mass is 32.2. The summed E-state index contributed by atoms with van der Waals surface area (Å²) in [6, 6.07) is 4.21. The summed E-state index contributed by atoms with van der Waals surface area (Å²) in [6.07, 6.45) is 0. The first-order valence-electron chi connectivity index (χ1n) is 5.69. The number of nitrogens with one attached hydrogen (secondary N) is 1. The minimum absolute atomic E-state index is 0.834. The van der Waals surface area contributed by atoms with Gasteiger partial charge in [0.15, 0.2) is 5.82 Å². The highest BCUT2D eigenvalue weighted by Gasteiger charge is 2.12. The fourth-order valence-corrected chi connectivity index (χ4v) is 2.14. The molecule has 0 saturated carbocycles. The molecule has 94 valence electrons. The SMILES string of the molecule is CC.Cc1ccc(C)c2c1c(NSN)nn2C. The molecule has 0 amide bonds. The summed E-state index contributed by atoms with van der Waals surface area (Å²) in [5.41, 5.74) is 3.59. The number of anilines is 1. The molecule has 0 aliphatic rings. The molecule has 0 fully saturated rings. The molecule has 0 atom stereocenters. The summed E-state index contributed by atoms with van der Waals surface area (Å²) in [5, 5.41) is 11.0. The number of nitrogens with two attached hydrogens (primary N) is 1. The van der Waals surface area contributed by atoms with Crippen LogP contribution in [0.2, 0.25) is 0 Å². The van der Waals surface area contributed by atoms with E-state index in [1.165, 1.54) is 11.1 Å². The van der Waals surface area contributed by atoms with Crippen LogP contribution in [-0.4, -0.2) is 9.78 Å². The third-order valence-corrected chi connectivity index (χ3v) is 2.87. The average molecular weight is 252 g/mol. The van der Waals surface area contributed by atoms with Crippen molar-refractivity contribution in [1.29, 1.82) is 0 Å². The number of fused-ring (bicyclic) bond motifs is 1. The first kappa shape index (κ1) is 13.9. The second-order valence-electron chi connectivity index (χ2n) is 3.62. The molecule has 0 unspecified atom stereocenters. The number of nitrogens with zero attached hydrogens (tertiary/aromatic N) is 2. The molecular weight excluding hydrogens is 232 g/mol. The van der Waals surface area contributed by atoms with Crippen LogP contribution in [0.15, 0.2) is 12.1 Å². The largest absolute Gasteiger partial charge is 0.299 e. The van der Waals surface area contributed by atoms with Crippen LogP contribution in [0.25, 0.3) is 10.9 Å². The lowest BCUT2D eigenvalue weighted by molar-refractivity contribution is 0.800.